The number of nitrogens with one attached hydrogen (secondary N) is 2. The fraction of sp³-hybridized carbons (Fsp3) is 0.560. The van der Waals surface area contributed by atoms with Crippen LogP contribution in [0.25, 0.3) is 22.3 Å². The van der Waals surface area contributed by atoms with Gasteiger partial charge in [0, 0.05) is 44.8 Å². The second-order valence-electron chi connectivity index (χ2n) is 10.2. The quantitative estimate of drug-likeness (QED) is 0.534. The fourth-order valence-corrected chi connectivity index (χ4v) is 6.09. The lowest BCUT2D eigenvalue weighted by molar-refractivity contribution is -0.0195. The smallest absolute Gasteiger partial charge is 0.176 e. The highest BCUT2D eigenvalue weighted by atomic mass is 16.3. The first-order chi connectivity index (χ1) is 16.1. The highest BCUT2D eigenvalue weighted by Gasteiger charge is 2.48. The summed E-state index contributed by atoms with van der Waals surface area (Å²) >= 11 is 0. The zero-order chi connectivity index (χ0) is 22.4. The van der Waals surface area contributed by atoms with E-state index in [4.69, 9.17) is 5.10 Å². The number of aromatic hydroxyl groups is 1. The van der Waals surface area contributed by atoms with Crippen molar-refractivity contribution in [1.29, 1.82) is 0 Å². The third-order valence-corrected chi connectivity index (χ3v) is 7.84. The lowest BCUT2D eigenvalue weighted by atomic mass is 9.58. The van der Waals surface area contributed by atoms with Crippen molar-refractivity contribution in [3.05, 3.63) is 30.3 Å². The molecule has 8 nitrogen and oxygen atoms in total. The number of piperidine rings is 1. The van der Waals surface area contributed by atoms with Crippen LogP contribution in [-0.4, -0.2) is 69.3 Å². The molecule has 3 N–H and O–H groups in total. The number of phenolic OH excluding ortho intramolecular Hbond substituents is 1. The van der Waals surface area contributed by atoms with Gasteiger partial charge in [-0.15, -0.1) is 10.2 Å². The molecular formula is C25H33N7O. The number of aromatic nitrogens is 4. The van der Waals surface area contributed by atoms with Gasteiger partial charge in [0.05, 0.1) is 17.3 Å². The molecule has 0 unspecified atom stereocenters. The van der Waals surface area contributed by atoms with E-state index in [0.717, 1.165) is 55.2 Å². The molecule has 8 heteroatoms. The van der Waals surface area contributed by atoms with E-state index < -0.39 is 0 Å². The first-order valence-electron chi connectivity index (χ1n) is 12.4. The van der Waals surface area contributed by atoms with Crippen molar-refractivity contribution in [2.24, 2.45) is 11.3 Å². The van der Waals surface area contributed by atoms with Gasteiger partial charge >= 0.3 is 0 Å². The summed E-state index contributed by atoms with van der Waals surface area (Å²) in [5, 5.41) is 30.9. The largest absolute Gasteiger partial charge is 0.507 e. The van der Waals surface area contributed by atoms with Gasteiger partial charge in [-0.2, -0.15) is 5.10 Å². The van der Waals surface area contributed by atoms with Crippen LogP contribution in [0.15, 0.2) is 30.3 Å². The molecule has 0 bridgehead atoms. The van der Waals surface area contributed by atoms with Crippen LogP contribution in [0.1, 0.15) is 38.6 Å². The number of likely N-dealkylation sites (tertiary alicyclic amines) is 1. The summed E-state index contributed by atoms with van der Waals surface area (Å²) in [6, 6.07) is 9.66. The minimum absolute atomic E-state index is 0.216. The Labute approximate surface area is 194 Å². The molecule has 1 aromatic carbocycles. The van der Waals surface area contributed by atoms with Crippen LogP contribution < -0.4 is 10.6 Å². The molecule has 1 spiro atoms. The van der Waals surface area contributed by atoms with E-state index in [2.05, 4.69) is 37.3 Å². The predicted molar refractivity (Wildman–Crippen MR) is 129 cm³/mol. The third-order valence-electron chi connectivity index (χ3n) is 7.84. The van der Waals surface area contributed by atoms with E-state index >= 15 is 0 Å². The zero-order valence-electron chi connectivity index (χ0n) is 19.3. The van der Waals surface area contributed by atoms with Gasteiger partial charge in [0.25, 0.3) is 0 Å². The summed E-state index contributed by atoms with van der Waals surface area (Å²) in [4.78, 5) is 2.66. The van der Waals surface area contributed by atoms with Crippen molar-refractivity contribution in [2.75, 3.05) is 44.6 Å². The topological polar surface area (TPSA) is 91.1 Å². The summed E-state index contributed by atoms with van der Waals surface area (Å²) in [6.07, 6.45) is 5.00. The maximum atomic E-state index is 10.3. The molecule has 0 atom stereocenters. The van der Waals surface area contributed by atoms with Crippen molar-refractivity contribution in [2.45, 2.75) is 38.6 Å². The molecule has 0 amide bonds. The lowest BCUT2D eigenvalue weighted by Gasteiger charge is -2.55. The molecule has 3 aromatic rings. The van der Waals surface area contributed by atoms with Crippen molar-refractivity contribution in [3.63, 3.8) is 0 Å². The predicted octanol–water partition coefficient (Wildman–Crippen LogP) is 3.27. The molecular weight excluding hydrogens is 414 g/mol. The second kappa shape index (κ2) is 8.25. The number of hydrogen-bond donors (Lipinski definition) is 3. The highest BCUT2D eigenvalue weighted by molar-refractivity contribution is 5.88. The van der Waals surface area contributed by atoms with Gasteiger partial charge in [-0.3, -0.25) is 4.68 Å². The molecule has 2 aliphatic heterocycles. The van der Waals surface area contributed by atoms with Gasteiger partial charge in [0.2, 0.25) is 0 Å². The molecule has 6 rings (SSSR count). The standard InChI is InChI=1S/C25H33N7O/c1-2-27-24-23-21(11-20(28-29-23)19-5-3-4-6-22(19)33)32(30-24)18-7-9-31(10-8-18)14-17-12-25(13-17)15-26-16-25/h3-6,11,17-18,26,33H,2,7-10,12-16H2,1H3,(H,27,30). The van der Waals surface area contributed by atoms with E-state index in [0.29, 0.717) is 22.7 Å². The molecule has 174 valence electrons. The molecule has 3 fully saturated rings. The Kier molecular flexibility index (Phi) is 5.22. The van der Waals surface area contributed by atoms with Crippen molar-refractivity contribution >= 4 is 16.9 Å². The normalized spacial score (nSPS) is 21.2. The lowest BCUT2D eigenvalue weighted by Crippen LogP contribution is -2.61. The van der Waals surface area contributed by atoms with E-state index in [1.54, 1.807) is 6.07 Å². The Morgan fingerprint density at radius 1 is 1.15 bits per heavy atom. The SMILES string of the molecule is CCNc1nn(C2CCN(CC3CC4(CNC4)C3)CC2)c2cc(-c3ccccc3O)nnc12. The van der Waals surface area contributed by atoms with Crippen molar-refractivity contribution in [3.8, 4) is 17.0 Å². The van der Waals surface area contributed by atoms with Crippen LogP contribution in [0.5, 0.6) is 5.75 Å². The van der Waals surface area contributed by atoms with Crippen molar-refractivity contribution in [1.82, 2.24) is 30.2 Å². The summed E-state index contributed by atoms with van der Waals surface area (Å²) in [5.41, 5.74) is 3.81. The number of fused-ring (bicyclic) bond motifs is 1. The van der Waals surface area contributed by atoms with Gasteiger partial charge in [-0.05, 0) is 62.1 Å². The fourth-order valence-electron chi connectivity index (χ4n) is 6.09. The van der Waals surface area contributed by atoms with Crippen molar-refractivity contribution < 1.29 is 5.11 Å². The number of para-hydroxylation sites is 1. The molecule has 2 saturated heterocycles. The number of rotatable bonds is 6. The van der Waals surface area contributed by atoms with Crippen LogP contribution in [-0.2, 0) is 0 Å². The van der Waals surface area contributed by atoms with Gasteiger partial charge in [0.15, 0.2) is 11.3 Å². The molecule has 33 heavy (non-hydrogen) atoms. The highest BCUT2D eigenvalue weighted by Crippen LogP contribution is 2.48. The molecule has 1 saturated carbocycles. The average molecular weight is 448 g/mol. The Bertz CT molecular complexity index is 1140. The maximum absolute atomic E-state index is 10.3. The summed E-state index contributed by atoms with van der Waals surface area (Å²) in [6.45, 7) is 8.81. The summed E-state index contributed by atoms with van der Waals surface area (Å²) in [7, 11) is 0. The monoisotopic (exact) mass is 447 g/mol. The average Bonchev–Trinajstić information content (AvgIpc) is 3.13. The van der Waals surface area contributed by atoms with Crippen LogP contribution in [0.4, 0.5) is 5.82 Å². The first kappa shape index (κ1) is 20.9. The minimum atomic E-state index is 0.216. The zero-order valence-corrected chi connectivity index (χ0v) is 19.3. The molecule has 4 heterocycles. The van der Waals surface area contributed by atoms with Crippen LogP contribution in [0.2, 0.25) is 0 Å². The Balaban J connectivity index is 1.21. The number of benzene rings is 1. The van der Waals surface area contributed by atoms with Crippen LogP contribution >= 0.6 is 0 Å². The number of hydrogen-bond acceptors (Lipinski definition) is 7. The molecule has 3 aliphatic rings. The minimum Gasteiger partial charge on any atom is -0.507 e. The number of nitrogens with zero attached hydrogens (tertiary/aromatic N) is 5. The van der Waals surface area contributed by atoms with E-state index in [1.807, 2.05) is 24.3 Å². The molecule has 2 aromatic heterocycles. The van der Waals surface area contributed by atoms with Gasteiger partial charge in [-0.25, -0.2) is 0 Å². The Morgan fingerprint density at radius 2 is 1.94 bits per heavy atom. The first-order valence-corrected chi connectivity index (χ1v) is 12.4. The van der Waals surface area contributed by atoms with Gasteiger partial charge in [0.1, 0.15) is 5.75 Å². The Morgan fingerprint density at radius 3 is 2.64 bits per heavy atom. The number of anilines is 1. The number of phenols is 1. The molecule has 1 aliphatic carbocycles. The Hall–Kier alpha value is -2.71. The van der Waals surface area contributed by atoms with E-state index in [9.17, 15) is 5.11 Å². The third kappa shape index (κ3) is 3.75. The summed E-state index contributed by atoms with van der Waals surface area (Å²) < 4.78 is 2.15. The molecule has 0 radical (unpaired) electrons. The van der Waals surface area contributed by atoms with E-state index in [1.165, 1.54) is 32.5 Å². The summed E-state index contributed by atoms with van der Waals surface area (Å²) in [5.74, 6) is 1.89. The van der Waals surface area contributed by atoms with Crippen LogP contribution in [0, 0.1) is 11.3 Å². The van der Waals surface area contributed by atoms with Crippen LogP contribution in [0.3, 0.4) is 0 Å². The van der Waals surface area contributed by atoms with Gasteiger partial charge in [-0.1, -0.05) is 12.1 Å². The van der Waals surface area contributed by atoms with Gasteiger partial charge < -0.3 is 20.6 Å². The second-order valence-corrected chi connectivity index (χ2v) is 10.2. The van der Waals surface area contributed by atoms with E-state index in [-0.39, 0.29) is 5.75 Å². The maximum Gasteiger partial charge on any atom is 0.176 e.